The Kier molecular flexibility index (Phi) is 3.95. The standard InChI is InChI=1S/C16H23N3O3/c1-17-15(21)16(10-22-2)7-3-9-19(16)14(20)12-6-8-18-13(12)11-4-5-11/h6,8,11,18H,3-5,7,9-10H2,1-2H3,(H,17,21). The third-order valence-electron chi connectivity index (χ3n) is 4.76. The Morgan fingerprint density at radius 1 is 1.50 bits per heavy atom. The summed E-state index contributed by atoms with van der Waals surface area (Å²) in [6.07, 6.45) is 5.51. The molecule has 0 aromatic carbocycles. The van der Waals surface area contributed by atoms with Crippen LogP contribution in [0.25, 0.3) is 0 Å². The van der Waals surface area contributed by atoms with E-state index in [1.165, 1.54) is 0 Å². The van der Waals surface area contributed by atoms with Gasteiger partial charge in [0.1, 0.15) is 5.54 Å². The Balaban J connectivity index is 1.92. The molecule has 6 nitrogen and oxygen atoms in total. The maximum Gasteiger partial charge on any atom is 0.256 e. The molecule has 1 unspecified atom stereocenters. The SMILES string of the molecule is CNC(=O)C1(COC)CCCN1C(=O)c1cc[nH]c1C1CC1. The van der Waals surface area contributed by atoms with E-state index in [-0.39, 0.29) is 18.4 Å². The topological polar surface area (TPSA) is 74.4 Å². The van der Waals surface area contributed by atoms with Crippen LogP contribution in [0.5, 0.6) is 0 Å². The van der Waals surface area contributed by atoms with Gasteiger partial charge in [-0.2, -0.15) is 0 Å². The second kappa shape index (κ2) is 5.76. The summed E-state index contributed by atoms with van der Waals surface area (Å²) in [7, 11) is 3.17. The molecule has 1 atom stereocenters. The third kappa shape index (κ3) is 2.31. The van der Waals surface area contributed by atoms with Gasteiger partial charge >= 0.3 is 0 Å². The number of likely N-dealkylation sites (N-methyl/N-ethyl adjacent to an activating group) is 1. The van der Waals surface area contributed by atoms with Gasteiger partial charge in [0, 0.05) is 32.6 Å². The van der Waals surface area contributed by atoms with Gasteiger partial charge in [-0.25, -0.2) is 0 Å². The Hall–Kier alpha value is -1.82. The molecular formula is C16H23N3O3. The number of hydrogen-bond acceptors (Lipinski definition) is 3. The van der Waals surface area contributed by atoms with E-state index in [2.05, 4.69) is 10.3 Å². The van der Waals surface area contributed by atoms with E-state index in [9.17, 15) is 9.59 Å². The van der Waals surface area contributed by atoms with Gasteiger partial charge in [-0.3, -0.25) is 9.59 Å². The molecule has 2 amide bonds. The highest BCUT2D eigenvalue weighted by Crippen LogP contribution is 2.42. The molecule has 1 aliphatic heterocycles. The van der Waals surface area contributed by atoms with Crippen LogP contribution in [0.4, 0.5) is 0 Å². The van der Waals surface area contributed by atoms with Crippen LogP contribution < -0.4 is 5.32 Å². The fourth-order valence-corrected chi connectivity index (χ4v) is 3.52. The molecule has 0 bridgehead atoms. The van der Waals surface area contributed by atoms with Crippen molar-refractivity contribution in [1.29, 1.82) is 0 Å². The number of nitrogens with zero attached hydrogens (tertiary/aromatic N) is 1. The number of carbonyl (C=O) groups is 2. The van der Waals surface area contributed by atoms with Crippen LogP contribution in [0.2, 0.25) is 0 Å². The summed E-state index contributed by atoms with van der Waals surface area (Å²) >= 11 is 0. The zero-order valence-electron chi connectivity index (χ0n) is 13.1. The lowest BCUT2D eigenvalue weighted by Crippen LogP contribution is -2.59. The highest BCUT2D eigenvalue weighted by Gasteiger charge is 2.50. The number of likely N-dealkylation sites (tertiary alicyclic amines) is 1. The van der Waals surface area contributed by atoms with Crippen molar-refractivity contribution >= 4 is 11.8 Å². The van der Waals surface area contributed by atoms with Gasteiger partial charge in [0.15, 0.2) is 0 Å². The van der Waals surface area contributed by atoms with Gasteiger partial charge in [0.25, 0.3) is 5.91 Å². The van der Waals surface area contributed by atoms with Crippen LogP contribution in [-0.2, 0) is 9.53 Å². The number of nitrogens with one attached hydrogen (secondary N) is 2. The normalized spacial score (nSPS) is 24.5. The van der Waals surface area contributed by atoms with Crippen molar-refractivity contribution in [3.63, 3.8) is 0 Å². The van der Waals surface area contributed by atoms with Crippen molar-refractivity contribution < 1.29 is 14.3 Å². The Morgan fingerprint density at radius 3 is 2.91 bits per heavy atom. The first-order chi connectivity index (χ1) is 10.6. The van der Waals surface area contributed by atoms with Crippen LogP contribution in [-0.4, -0.2) is 54.5 Å². The van der Waals surface area contributed by atoms with Crippen molar-refractivity contribution in [2.45, 2.75) is 37.1 Å². The van der Waals surface area contributed by atoms with E-state index in [4.69, 9.17) is 4.74 Å². The highest BCUT2D eigenvalue weighted by molar-refractivity contribution is 6.00. The fourth-order valence-electron chi connectivity index (χ4n) is 3.52. The average molecular weight is 305 g/mol. The Labute approximate surface area is 130 Å². The second-order valence-corrected chi connectivity index (χ2v) is 6.18. The lowest BCUT2D eigenvalue weighted by molar-refractivity contribution is -0.133. The summed E-state index contributed by atoms with van der Waals surface area (Å²) in [6, 6.07) is 1.83. The van der Waals surface area contributed by atoms with E-state index in [1.54, 1.807) is 19.1 Å². The van der Waals surface area contributed by atoms with Gasteiger partial charge < -0.3 is 19.9 Å². The molecule has 1 aliphatic carbocycles. The molecule has 3 rings (SSSR count). The van der Waals surface area contributed by atoms with Gasteiger partial charge in [-0.05, 0) is 37.7 Å². The Morgan fingerprint density at radius 2 is 2.27 bits per heavy atom. The number of rotatable bonds is 5. The largest absolute Gasteiger partial charge is 0.382 e. The van der Waals surface area contributed by atoms with Crippen molar-refractivity contribution in [3.05, 3.63) is 23.5 Å². The summed E-state index contributed by atoms with van der Waals surface area (Å²) < 4.78 is 5.28. The molecular weight excluding hydrogens is 282 g/mol. The molecule has 1 aromatic heterocycles. The number of aromatic nitrogens is 1. The number of methoxy groups -OCH3 is 1. The fraction of sp³-hybridized carbons (Fsp3) is 0.625. The van der Waals surface area contributed by atoms with Crippen LogP contribution in [0.15, 0.2) is 12.3 Å². The monoisotopic (exact) mass is 305 g/mol. The van der Waals surface area contributed by atoms with Crippen molar-refractivity contribution in [3.8, 4) is 0 Å². The number of carbonyl (C=O) groups excluding carboxylic acids is 2. The van der Waals surface area contributed by atoms with Crippen LogP contribution in [0, 0.1) is 0 Å². The maximum absolute atomic E-state index is 13.0. The average Bonchev–Trinajstić information content (AvgIpc) is 3.10. The van der Waals surface area contributed by atoms with E-state index in [1.807, 2.05) is 12.3 Å². The van der Waals surface area contributed by atoms with Gasteiger partial charge in [-0.15, -0.1) is 0 Å². The summed E-state index contributed by atoms with van der Waals surface area (Å²) in [5.41, 5.74) is 0.826. The minimum atomic E-state index is -0.890. The first kappa shape index (κ1) is 15.1. The molecule has 2 aliphatic rings. The number of amides is 2. The van der Waals surface area contributed by atoms with Gasteiger partial charge in [-0.1, -0.05) is 0 Å². The lowest BCUT2D eigenvalue weighted by atomic mass is 9.95. The molecule has 0 radical (unpaired) electrons. The minimum Gasteiger partial charge on any atom is -0.382 e. The molecule has 120 valence electrons. The van der Waals surface area contributed by atoms with E-state index < -0.39 is 5.54 Å². The molecule has 2 N–H and O–H groups in total. The lowest BCUT2D eigenvalue weighted by Gasteiger charge is -2.36. The quantitative estimate of drug-likeness (QED) is 0.860. The third-order valence-corrected chi connectivity index (χ3v) is 4.76. The minimum absolute atomic E-state index is 0.0682. The molecule has 1 aromatic rings. The molecule has 0 spiro atoms. The van der Waals surface area contributed by atoms with Crippen molar-refractivity contribution in [2.75, 3.05) is 27.3 Å². The van der Waals surface area contributed by atoms with Crippen molar-refractivity contribution in [1.82, 2.24) is 15.2 Å². The number of H-pyrrole nitrogens is 1. The molecule has 1 saturated heterocycles. The van der Waals surface area contributed by atoms with Crippen molar-refractivity contribution in [2.24, 2.45) is 0 Å². The first-order valence-corrected chi connectivity index (χ1v) is 7.84. The Bertz CT molecular complexity index is 579. The summed E-state index contributed by atoms with van der Waals surface area (Å²) in [6.45, 7) is 0.812. The summed E-state index contributed by atoms with van der Waals surface area (Å²) in [4.78, 5) is 30.4. The maximum atomic E-state index is 13.0. The van der Waals surface area contributed by atoms with E-state index in [0.29, 0.717) is 24.4 Å². The second-order valence-electron chi connectivity index (χ2n) is 6.18. The number of ether oxygens (including phenoxy) is 1. The van der Waals surface area contributed by atoms with Crippen LogP contribution in [0.3, 0.4) is 0 Å². The number of aromatic amines is 1. The van der Waals surface area contributed by atoms with Gasteiger partial charge in [0.05, 0.1) is 12.2 Å². The zero-order valence-corrected chi connectivity index (χ0v) is 13.1. The van der Waals surface area contributed by atoms with Gasteiger partial charge in [0.2, 0.25) is 5.91 Å². The van der Waals surface area contributed by atoms with E-state index >= 15 is 0 Å². The first-order valence-electron chi connectivity index (χ1n) is 7.84. The summed E-state index contributed by atoms with van der Waals surface area (Å²) in [5, 5.41) is 2.69. The number of hydrogen-bond donors (Lipinski definition) is 2. The molecule has 2 fully saturated rings. The van der Waals surface area contributed by atoms with Crippen LogP contribution in [0.1, 0.15) is 47.7 Å². The van der Waals surface area contributed by atoms with Crippen LogP contribution >= 0.6 is 0 Å². The highest BCUT2D eigenvalue weighted by atomic mass is 16.5. The predicted octanol–water partition coefficient (Wildman–Crippen LogP) is 1.26. The molecule has 22 heavy (non-hydrogen) atoms. The van der Waals surface area contributed by atoms with E-state index in [0.717, 1.165) is 25.0 Å². The smallest absolute Gasteiger partial charge is 0.256 e. The molecule has 6 heteroatoms. The molecule has 2 heterocycles. The molecule has 1 saturated carbocycles. The predicted molar refractivity (Wildman–Crippen MR) is 81.7 cm³/mol. The summed E-state index contributed by atoms with van der Waals surface area (Å²) in [5.74, 6) is 0.249. The zero-order chi connectivity index (χ0) is 15.7.